The zero-order valence-corrected chi connectivity index (χ0v) is 12.3. The van der Waals surface area contributed by atoms with Crippen molar-refractivity contribution >= 4 is 12.3 Å². The molecule has 0 aliphatic heterocycles. The van der Waals surface area contributed by atoms with E-state index in [2.05, 4.69) is 0 Å². The lowest BCUT2D eigenvalue weighted by Gasteiger charge is -2.26. The van der Waals surface area contributed by atoms with Crippen molar-refractivity contribution < 1.29 is 19.1 Å². The van der Waals surface area contributed by atoms with E-state index in [4.69, 9.17) is 9.47 Å². The molecule has 20 heavy (non-hydrogen) atoms. The van der Waals surface area contributed by atoms with Gasteiger partial charge in [0.05, 0.1) is 5.56 Å². The highest BCUT2D eigenvalue weighted by atomic mass is 16.6. The van der Waals surface area contributed by atoms with Gasteiger partial charge in [-0.05, 0) is 39.8 Å². The van der Waals surface area contributed by atoms with E-state index in [1.54, 1.807) is 31.2 Å². The maximum absolute atomic E-state index is 11.9. The molecule has 0 saturated heterocycles. The Morgan fingerprint density at radius 1 is 1.20 bits per heavy atom. The van der Waals surface area contributed by atoms with Crippen molar-refractivity contribution in [3.05, 3.63) is 47.7 Å². The van der Waals surface area contributed by atoms with E-state index in [1.807, 2.05) is 26.8 Å². The van der Waals surface area contributed by atoms with Crippen LogP contribution in [0, 0.1) is 0 Å². The Kier molecular flexibility index (Phi) is 5.50. The van der Waals surface area contributed by atoms with Crippen molar-refractivity contribution in [2.24, 2.45) is 0 Å². The maximum atomic E-state index is 11.9. The van der Waals surface area contributed by atoms with Crippen LogP contribution in [0.4, 0.5) is 0 Å². The van der Waals surface area contributed by atoms with Crippen LogP contribution in [-0.4, -0.2) is 24.0 Å². The number of esters is 1. The molecule has 1 rings (SSSR count). The zero-order chi connectivity index (χ0) is 15.2. The Balaban J connectivity index is 2.77. The van der Waals surface area contributed by atoms with Gasteiger partial charge in [-0.1, -0.05) is 18.2 Å². The summed E-state index contributed by atoms with van der Waals surface area (Å²) in [6.07, 6.45) is 1.26. The quantitative estimate of drug-likeness (QED) is 0.359. The molecule has 1 atom stereocenters. The normalized spacial score (nSPS) is 13.5. The van der Waals surface area contributed by atoms with E-state index >= 15 is 0 Å². The topological polar surface area (TPSA) is 52.6 Å². The second-order valence-corrected chi connectivity index (χ2v) is 5.33. The second-order valence-electron chi connectivity index (χ2n) is 5.33. The number of hydrogen-bond acceptors (Lipinski definition) is 4. The molecular weight excluding hydrogens is 256 g/mol. The number of rotatable bonds is 5. The van der Waals surface area contributed by atoms with Crippen LogP contribution < -0.4 is 0 Å². The summed E-state index contributed by atoms with van der Waals surface area (Å²) in [5.41, 5.74) is -0.0111. The first-order valence-corrected chi connectivity index (χ1v) is 6.44. The third-order valence-electron chi connectivity index (χ3n) is 2.35. The summed E-state index contributed by atoms with van der Waals surface area (Å²) in [6.45, 7) is 7.24. The molecule has 4 heteroatoms. The van der Waals surface area contributed by atoms with Gasteiger partial charge in [-0.2, -0.15) is 0 Å². The molecule has 108 valence electrons. The van der Waals surface area contributed by atoms with Crippen molar-refractivity contribution in [2.75, 3.05) is 0 Å². The molecule has 0 fully saturated rings. The molecule has 0 bridgehead atoms. The fourth-order valence-electron chi connectivity index (χ4n) is 1.53. The highest BCUT2D eigenvalue weighted by Crippen LogP contribution is 2.18. The fraction of sp³-hybridized carbons (Fsp3) is 0.375. The summed E-state index contributed by atoms with van der Waals surface area (Å²) in [6, 6.07) is 8.68. The van der Waals surface area contributed by atoms with Crippen molar-refractivity contribution in [2.45, 2.75) is 39.4 Å². The van der Waals surface area contributed by atoms with Gasteiger partial charge in [-0.25, -0.2) is 4.79 Å². The molecule has 0 saturated carbocycles. The van der Waals surface area contributed by atoms with Gasteiger partial charge < -0.3 is 9.47 Å². The summed E-state index contributed by atoms with van der Waals surface area (Å²) < 4.78 is 10.9. The van der Waals surface area contributed by atoms with E-state index in [-0.39, 0.29) is 0 Å². The number of benzene rings is 1. The Morgan fingerprint density at radius 3 is 2.30 bits per heavy atom. The molecule has 1 aromatic carbocycles. The summed E-state index contributed by atoms with van der Waals surface area (Å²) in [4.78, 5) is 22.6. The summed E-state index contributed by atoms with van der Waals surface area (Å²) in [7, 11) is 0. The van der Waals surface area contributed by atoms with Crippen molar-refractivity contribution in [3.63, 3.8) is 0 Å². The van der Waals surface area contributed by atoms with Crippen LogP contribution >= 0.6 is 0 Å². The minimum atomic E-state index is -0.632. The van der Waals surface area contributed by atoms with Crippen LogP contribution in [0.2, 0.25) is 0 Å². The SMILES string of the molecule is CC(OC(=O)c1ccccc1)/C(=C\C=O)OC(C)(C)C. The molecule has 0 N–H and O–H groups in total. The van der Waals surface area contributed by atoms with Crippen LogP contribution in [0.25, 0.3) is 0 Å². The maximum Gasteiger partial charge on any atom is 0.338 e. The number of allylic oxidation sites excluding steroid dienone is 1. The van der Waals surface area contributed by atoms with Crippen molar-refractivity contribution in [1.82, 2.24) is 0 Å². The molecular formula is C16H20O4. The van der Waals surface area contributed by atoms with Gasteiger partial charge in [0.15, 0.2) is 6.10 Å². The number of hydrogen-bond donors (Lipinski definition) is 0. The minimum absolute atomic E-state index is 0.330. The first-order chi connectivity index (χ1) is 9.33. The Morgan fingerprint density at radius 2 is 1.80 bits per heavy atom. The molecule has 1 aromatic rings. The van der Waals surface area contributed by atoms with E-state index < -0.39 is 17.7 Å². The van der Waals surface area contributed by atoms with Gasteiger partial charge in [0.1, 0.15) is 17.6 Å². The molecule has 0 spiro atoms. The average molecular weight is 276 g/mol. The molecule has 1 unspecified atom stereocenters. The van der Waals surface area contributed by atoms with Crippen LogP contribution in [-0.2, 0) is 14.3 Å². The molecule has 0 aliphatic rings. The van der Waals surface area contributed by atoms with Gasteiger partial charge in [-0.15, -0.1) is 0 Å². The Labute approximate surface area is 119 Å². The van der Waals surface area contributed by atoms with Crippen molar-refractivity contribution in [1.29, 1.82) is 0 Å². The number of ether oxygens (including phenoxy) is 2. The molecule has 4 nitrogen and oxygen atoms in total. The van der Waals surface area contributed by atoms with E-state index in [9.17, 15) is 9.59 Å². The molecule has 0 radical (unpaired) electrons. The lowest BCUT2D eigenvalue weighted by molar-refractivity contribution is -0.104. The van der Waals surface area contributed by atoms with Crippen LogP contribution in [0.5, 0.6) is 0 Å². The third kappa shape index (κ3) is 5.26. The summed E-state index contributed by atoms with van der Waals surface area (Å²) in [5, 5.41) is 0. The lowest BCUT2D eigenvalue weighted by Crippen LogP contribution is -2.26. The largest absolute Gasteiger partial charge is 0.488 e. The average Bonchev–Trinajstić information content (AvgIpc) is 2.37. The summed E-state index contributed by atoms with van der Waals surface area (Å²) >= 11 is 0. The van der Waals surface area contributed by atoms with Gasteiger partial charge >= 0.3 is 5.97 Å². The lowest BCUT2D eigenvalue weighted by atomic mass is 10.2. The van der Waals surface area contributed by atoms with Gasteiger partial charge in [0, 0.05) is 6.08 Å². The Bertz CT molecular complexity index is 483. The first-order valence-electron chi connectivity index (χ1n) is 6.44. The second kappa shape index (κ2) is 6.89. The van der Waals surface area contributed by atoms with Gasteiger partial charge in [0.25, 0.3) is 0 Å². The van der Waals surface area contributed by atoms with Crippen LogP contribution in [0.15, 0.2) is 42.2 Å². The highest BCUT2D eigenvalue weighted by molar-refractivity contribution is 5.89. The standard InChI is InChI=1S/C16H20O4/c1-12(14(10-11-17)20-16(2,3)4)19-15(18)13-8-6-5-7-9-13/h5-12H,1-4H3/b14-10+. The van der Waals surface area contributed by atoms with Crippen molar-refractivity contribution in [3.8, 4) is 0 Å². The highest BCUT2D eigenvalue weighted by Gasteiger charge is 2.21. The Hall–Kier alpha value is -2.10. The first kappa shape index (κ1) is 16.0. The van der Waals surface area contributed by atoms with Gasteiger partial charge in [-0.3, -0.25) is 4.79 Å². The predicted octanol–water partition coefficient (Wildman–Crippen LogP) is 3.13. The third-order valence-corrected chi connectivity index (χ3v) is 2.35. The molecule has 0 aliphatic carbocycles. The number of carbonyl (C=O) groups excluding carboxylic acids is 2. The fourth-order valence-corrected chi connectivity index (χ4v) is 1.53. The summed E-state index contributed by atoms with van der Waals surface area (Å²) in [5.74, 6) is -0.121. The molecule has 0 amide bonds. The van der Waals surface area contributed by atoms with E-state index in [1.165, 1.54) is 6.08 Å². The smallest absolute Gasteiger partial charge is 0.338 e. The monoisotopic (exact) mass is 276 g/mol. The van der Waals surface area contributed by atoms with Crippen LogP contribution in [0.1, 0.15) is 38.1 Å². The van der Waals surface area contributed by atoms with E-state index in [0.717, 1.165) is 0 Å². The van der Waals surface area contributed by atoms with Gasteiger partial charge in [0.2, 0.25) is 0 Å². The van der Waals surface area contributed by atoms with E-state index in [0.29, 0.717) is 17.6 Å². The molecule has 0 heterocycles. The zero-order valence-electron chi connectivity index (χ0n) is 12.3. The molecule has 0 aromatic heterocycles. The predicted molar refractivity (Wildman–Crippen MR) is 76.3 cm³/mol. The number of carbonyl (C=O) groups is 2. The minimum Gasteiger partial charge on any atom is -0.488 e. The van der Waals surface area contributed by atoms with Crippen LogP contribution in [0.3, 0.4) is 0 Å². The number of aldehydes is 1.